The second kappa shape index (κ2) is 5.44. The predicted octanol–water partition coefficient (Wildman–Crippen LogP) is 0.862. The van der Waals surface area contributed by atoms with Gasteiger partial charge < -0.3 is 15.4 Å². The summed E-state index contributed by atoms with van der Waals surface area (Å²) >= 11 is 0. The molecule has 2 fully saturated rings. The molecule has 2 saturated heterocycles. The maximum Gasteiger partial charge on any atom is 0.411 e. The van der Waals surface area contributed by atoms with Gasteiger partial charge in [-0.1, -0.05) is 6.92 Å². The van der Waals surface area contributed by atoms with Crippen molar-refractivity contribution in [3.63, 3.8) is 0 Å². The molecule has 2 N–H and O–H groups in total. The van der Waals surface area contributed by atoms with Gasteiger partial charge in [0.05, 0.1) is 6.54 Å². The first-order valence-corrected chi connectivity index (χ1v) is 7.73. The minimum absolute atomic E-state index is 0.193. The highest BCUT2D eigenvalue weighted by Gasteiger charge is 2.62. The SMILES string of the molecule is CCC(C(N)=O)N1C[C@@]2(CCCN2C(=O)OC(C)(C)C)C1=O. The fourth-order valence-corrected chi connectivity index (χ4v) is 3.27. The molecule has 2 atom stereocenters. The standard InChI is InChI=1S/C15H25N3O4/c1-5-10(11(16)19)17-9-15(12(17)20)7-6-8-18(15)13(21)22-14(2,3)4/h10H,5-9H2,1-4H3,(H2,16,19)/t10?,15-/m0/s1. The van der Waals surface area contributed by atoms with Crippen molar-refractivity contribution < 1.29 is 19.1 Å². The van der Waals surface area contributed by atoms with Gasteiger partial charge in [-0.05, 0) is 40.0 Å². The van der Waals surface area contributed by atoms with E-state index in [0.717, 1.165) is 6.42 Å². The number of hydrogen-bond donors (Lipinski definition) is 1. The van der Waals surface area contributed by atoms with Crippen LogP contribution in [0, 0.1) is 0 Å². The molecular weight excluding hydrogens is 286 g/mol. The van der Waals surface area contributed by atoms with E-state index in [2.05, 4.69) is 0 Å². The minimum atomic E-state index is -0.842. The molecule has 2 aliphatic rings. The Hall–Kier alpha value is -1.79. The van der Waals surface area contributed by atoms with Crippen molar-refractivity contribution in [1.29, 1.82) is 0 Å². The molecule has 7 heteroatoms. The lowest BCUT2D eigenvalue weighted by Crippen LogP contribution is -2.75. The van der Waals surface area contributed by atoms with Crippen LogP contribution in [-0.4, -0.2) is 58.0 Å². The van der Waals surface area contributed by atoms with Crippen LogP contribution in [0.3, 0.4) is 0 Å². The quantitative estimate of drug-likeness (QED) is 0.782. The van der Waals surface area contributed by atoms with Crippen molar-refractivity contribution >= 4 is 17.9 Å². The molecule has 0 aliphatic carbocycles. The van der Waals surface area contributed by atoms with Crippen molar-refractivity contribution in [2.75, 3.05) is 13.1 Å². The summed E-state index contributed by atoms with van der Waals surface area (Å²) in [4.78, 5) is 39.4. The van der Waals surface area contributed by atoms with E-state index < -0.39 is 29.2 Å². The van der Waals surface area contributed by atoms with Crippen LogP contribution in [0.15, 0.2) is 0 Å². The van der Waals surface area contributed by atoms with Crippen LogP contribution >= 0.6 is 0 Å². The average Bonchev–Trinajstić information content (AvgIpc) is 2.83. The summed E-state index contributed by atoms with van der Waals surface area (Å²) < 4.78 is 5.40. The number of likely N-dealkylation sites (tertiary alicyclic amines) is 2. The number of carbonyl (C=O) groups excluding carboxylic acids is 3. The van der Waals surface area contributed by atoms with Gasteiger partial charge in [0.2, 0.25) is 5.91 Å². The number of nitrogens with zero attached hydrogens (tertiary/aromatic N) is 2. The third-order valence-electron chi connectivity index (χ3n) is 4.28. The van der Waals surface area contributed by atoms with E-state index in [-0.39, 0.29) is 5.91 Å². The highest BCUT2D eigenvalue weighted by atomic mass is 16.6. The summed E-state index contributed by atoms with van der Waals surface area (Å²) in [6, 6.07) is -0.598. The van der Waals surface area contributed by atoms with Gasteiger partial charge >= 0.3 is 6.09 Å². The van der Waals surface area contributed by atoms with Gasteiger partial charge in [0.25, 0.3) is 5.91 Å². The lowest BCUT2D eigenvalue weighted by Gasteiger charge is -2.52. The minimum Gasteiger partial charge on any atom is -0.444 e. The molecule has 0 aromatic carbocycles. The summed E-state index contributed by atoms with van der Waals surface area (Å²) in [6.45, 7) is 8.05. The fraction of sp³-hybridized carbons (Fsp3) is 0.800. The molecule has 1 spiro atoms. The Morgan fingerprint density at radius 1 is 1.41 bits per heavy atom. The first-order chi connectivity index (χ1) is 10.1. The molecule has 1 unspecified atom stereocenters. The third kappa shape index (κ3) is 2.64. The number of nitrogens with two attached hydrogens (primary N) is 1. The van der Waals surface area contributed by atoms with E-state index >= 15 is 0 Å². The number of rotatable bonds is 3. The summed E-state index contributed by atoms with van der Waals surface area (Å²) in [7, 11) is 0. The molecule has 2 heterocycles. The number of β-lactam (4-membered cyclic amide) rings is 1. The van der Waals surface area contributed by atoms with E-state index in [1.165, 1.54) is 9.80 Å². The van der Waals surface area contributed by atoms with Gasteiger partial charge in [-0.25, -0.2) is 4.79 Å². The Morgan fingerprint density at radius 2 is 2.05 bits per heavy atom. The van der Waals surface area contributed by atoms with E-state index in [0.29, 0.717) is 25.9 Å². The van der Waals surface area contributed by atoms with Crippen molar-refractivity contribution in [2.45, 2.75) is 64.1 Å². The second-order valence-electron chi connectivity index (χ2n) is 7.03. The topological polar surface area (TPSA) is 92.9 Å². The summed E-state index contributed by atoms with van der Waals surface area (Å²) in [5, 5.41) is 0. The molecule has 124 valence electrons. The van der Waals surface area contributed by atoms with Crippen LogP contribution in [0.1, 0.15) is 47.0 Å². The van der Waals surface area contributed by atoms with Crippen molar-refractivity contribution in [3.8, 4) is 0 Å². The van der Waals surface area contributed by atoms with Gasteiger partial charge in [-0.3, -0.25) is 14.5 Å². The number of primary amides is 1. The Labute approximate surface area is 130 Å². The molecule has 2 rings (SSSR count). The normalized spacial score (nSPS) is 26.1. The molecule has 2 aliphatic heterocycles. The van der Waals surface area contributed by atoms with Gasteiger partial charge in [0.15, 0.2) is 0 Å². The van der Waals surface area contributed by atoms with Crippen LogP contribution in [0.2, 0.25) is 0 Å². The van der Waals surface area contributed by atoms with Crippen molar-refractivity contribution in [2.24, 2.45) is 5.73 Å². The number of hydrogen-bond acceptors (Lipinski definition) is 4. The van der Waals surface area contributed by atoms with Crippen LogP contribution in [-0.2, 0) is 14.3 Å². The zero-order valence-electron chi connectivity index (χ0n) is 13.7. The van der Waals surface area contributed by atoms with E-state index in [1.54, 1.807) is 20.8 Å². The molecule has 0 radical (unpaired) electrons. The Kier molecular flexibility index (Phi) is 4.10. The Bertz CT molecular complexity index is 500. The first-order valence-electron chi connectivity index (χ1n) is 7.73. The van der Waals surface area contributed by atoms with Gasteiger partial charge in [0, 0.05) is 6.54 Å². The molecule has 0 bridgehead atoms. The molecule has 0 aromatic heterocycles. The smallest absolute Gasteiger partial charge is 0.411 e. The molecule has 22 heavy (non-hydrogen) atoms. The lowest BCUT2D eigenvalue weighted by atomic mass is 9.84. The summed E-state index contributed by atoms with van der Waals surface area (Å²) in [5.74, 6) is -0.700. The molecule has 7 nitrogen and oxygen atoms in total. The molecule has 0 aromatic rings. The fourth-order valence-electron chi connectivity index (χ4n) is 3.27. The van der Waals surface area contributed by atoms with Crippen molar-refractivity contribution in [3.05, 3.63) is 0 Å². The maximum absolute atomic E-state index is 12.6. The highest BCUT2D eigenvalue weighted by molar-refractivity contribution is 5.99. The van der Waals surface area contributed by atoms with E-state index in [9.17, 15) is 14.4 Å². The van der Waals surface area contributed by atoms with Crippen LogP contribution in [0.25, 0.3) is 0 Å². The highest BCUT2D eigenvalue weighted by Crippen LogP contribution is 2.41. The number of amides is 3. The van der Waals surface area contributed by atoms with E-state index in [1.807, 2.05) is 6.92 Å². The number of ether oxygens (including phenoxy) is 1. The molecular formula is C15H25N3O4. The third-order valence-corrected chi connectivity index (χ3v) is 4.28. The summed E-state index contributed by atoms with van der Waals surface area (Å²) in [6.07, 6.45) is 1.37. The van der Waals surface area contributed by atoms with Crippen molar-refractivity contribution in [1.82, 2.24) is 9.80 Å². The molecule has 0 saturated carbocycles. The summed E-state index contributed by atoms with van der Waals surface area (Å²) in [5.41, 5.74) is 3.90. The van der Waals surface area contributed by atoms with Crippen LogP contribution in [0.4, 0.5) is 4.79 Å². The van der Waals surface area contributed by atoms with Crippen LogP contribution in [0.5, 0.6) is 0 Å². The van der Waals surface area contributed by atoms with Gasteiger partial charge in [0.1, 0.15) is 17.2 Å². The average molecular weight is 311 g/mol. The lowest BCUT2D eigenvalue weighted by molar-refractivity contribution is -0.167. The van der Waals surface area contributed by atoms with E-state index in [4.69, 9.17) is 10.5 Å². The number of carbonyl (C=O) groups is 3. The Morgan fingerprint density at radius 3 is 2.50 bits per heavy atom. The Balaban J connectivity index is 2.13. The van der Waals surface area contributed by atoms with Gasteiger partial charge in [-0.2, -0.15) is 0 Å². The monoisotopic (exact) mass is 311 g/mol. The first kappa shape index (κ1) is 16.6. The zero-order valence-corrected chi connectivity index (χ0v) is 13.7. The molecule has 3 amide bonds. The second-order valence-corrected chi connectivity index (χ2v) is 7.03. The maximum atomic E-state index is 12.6. The van der Waals surface area contributed by atoms with Crippen LogP contribution < -0.4 is 5.73 Å². The zero-order chi connectivity index (χ0) is 16.7. The van der Waals surface area contributed by atoms with Gasteiger partial charge in [-0.15, -0.1) is 0 Å². The largest absolute Gasteiger partial charge is 0.444 e. The predicted molar refractivity (Wildman–Crippen MR) is 79.9 cm³/mol.